The van der Waals surface area contributed by atoms with E-state index in [4.69, 9.17) is 9.72 Å². The maximum atomic E-state index is 13.3. The molecule has 152 valence electrons. The number of nitrogens with zero attached hydrogens (tertiary/aromatic N) is 2. The standard InChI is InChI=1S/C22H25N3O3S/c1-5-28-18-7-6-8-19-20(18)23-22(29-19)25(14-13-24(3)4)21(27)17-11-9-16(10-12-17)15(2)26/h6-12H,5,13-14H2,1-4H3/p+1. The number of likely N-dealkylation sites (N-methyl/N-ethyl adjacent to an activating group) is 1. The number of carbonyl (C=O) groups is 2. The van der Waals surface area contributed by atoms with Crippen LogP contribution in [-0.4, -0.2) is 50.5 Å². The van der Waals surface area contributed by atoms with E-state index in [2.05, 4.69) is 14.1 Å². The summed E-state index contributed by atoms with van der Waals surface area (Å²) in [7, 11) is 4.10. The molecule has 3 aromatic rings. The second-order valence-electron chi connectivity index (χ2n) is 7.08. The highest BCUT2D eigenvalue weighted by Gasteiger charge is 2.23. The largest absolute Gasteiger partial charge is 0.492 e. The summed E-state index contributed by atoms with van der Waals surface area (Å²) < 4.78 is 6.68. The Hall–Kier alpha value is -2.77. The van der Waals surface area contributed by atoms with Gasteiger partial charge >= 0.3 is 0 Å². The maximum Gasteiger partial charge on any atom is 0.260 e. The van der Waals surface area contributed by atoms with Gasteiger partial charge in [0.25, 0.3) is 5.91 Å². The Kier molecular flexibility index (Phi) is 6.61. The van der Waals surface area contributed by atoms with E-state index >= 15 is 0 Å². The van der Waals surface area contributed by atoms with Crippen LogP contribution in [0.15, 0.2) is 42.5 Å². The number of benzene rings is 2. The number of anilines is 1. The van der Waals surface area contributed by atoms with Crippen LogP contribution < -0.4 is 14.5 Å². The first-order valence-corrected chi connectivity index (χ1v) is 10.5. The second kappa shape index (κ2) is 9.15. The topological polar surface area (TPSA) is 63.9 Å². The van der Waals surface area contributed by atoms with Gasteiger partial charge in [-0.3, -0.25) is 14.5 Å². The quantitative estimate of drug-likeness (QED) is 0.578. The van der Waals surface area contributed by atoms with Crippen LogP contribution in [0.3, 0.4) is 0 Å². The molecule has 0 aliphatic heterocycles. The van der Waals surface area contributed by atoms with Crippen LogP contribution in [0.25, 0.3) is 10.2 Å². The molecule has 1 heterocycles. The Bertz CT molecular complexity index is 1010. The molecule has 6 nitrogen and oxygen atoms in total. The molecule has 1 aromatic heterocycles. The fourth-order valence-electron chi connectivity index (χ4n) is 2.92. The number of ether oxygens (including phenoxy) is 1. The first kappa shape index (κ1) is 21.0. The van der Waals surface area contributed by atoms with Crippen molar-refractivity contribution in [3.8, 4) is 5.75 Å². The summed E-state index contributed by atoms with van der Waals surface area (Å²) in [5, 5.41) is 0.647. The normalized spacial score (nSPS) is 11.1. The van der Waals surface area contributed by atoms with Crippen molar-refractivity contribution in [3.63, 3.8) is 0 Å². The molecule has 0 bridgehead atoms. The number of fused-ring (bicyclic) bond motifs is 1. The average Bonchev–Trinajstić information content (AvgIpc) is 3.13. The Morgan fingerprint density at radius 3 is 2.41 bits per heavy atom. The minimum atomic E-state index is -0.127. The number of hydrogen-bond acceptors (Lipinski definition) is 5. The predicted molar refractivity (Wildman–Crippen MR) is 117 cm³/mol. The van der Waals surface area contributed by atoms with E-state index < -0.39 is 0 Å². The molecule has 0 saturated heterocycles. The van der Waals surface area contributed by atoms with Crippen molar-refractivity contribution >= 4 is 38.4 Å². The van der Waals surface area contributed by atoms with Crippen LogP contribution in [-0.2, 0) is 0 Å². The van der Waals surface area contributed by atoms with Crippen molar-refractivity contribution in [1.82, 2.24) is 4.98 Å². The van der Waals surface area contributed by atoms with E-state index in [1.807, 2.05) is 25.1 Å². The van der Waals surface area contributed by atoms with Crippen molar-refractivity contribution in [2.24, 2.45) is 0 Å². The number of carbonyl (C=O) groups excluding carboxylic acids is 2. The third-order valence-electron chi connectivity index (χ3n) is 4.52. The Labute approximate surface area is 174 Å². The van der Waals surface area contributed by atoms with Crippen LogP contribution in [0.5, 0.6) is 5.75 Å². The molecule has 2 aromatic carbocycles. The van der Waals surface area contributed by atoms with Crippen molar-refractivity contribution in [2.75, 3.05) is 38.7 Å². The lowest BCUT2D eigenvalue weighted by molar-refractivity contribution is -0.856. The van der Waals surface area contributed by atoms with Crippen molar-refractivity contribution in [1.29, 1.82) is 0 Å². The molecule has 0 aliphatic carbocycles. The van der Waals surface area contributed by atoms with Gasteiger partial charge in [-0.25, -0.2) is 4.98 Å². The molecule has 0 unspecified atom stereocenters. The Morgan fingerprint density at radius 1 is 1.10 bits per heavy atom. The lowest BCUT2D eigenvalue weighted by atomic mass is 10.1. The summed E-state index contributed by atoms with van der Waals surface area (Å²) in [5.41, 5.74) is 1.90. The third-order valence-corrected chi connectivity index (χ3v) is 5.56. The molecule has 0 fully saturated rings. The lowest BCUT2D eigenvalue weighted by Crippen LogP contribution is -3.06. The van der Waals surface area contributed by atoms with E-state index in [0.717, 1.165) is 22.5 Å². The minimum Gasteiger partial charge on any atom is -0.492 e. The molecule has 0 aliphatic rings. The smallest absolute Gasteiger partial charge is 0.260 e. The first-order chi connectivity index (χ1) is 13.9. The molecule has 0 radical (unpaired) electrons. The van der Waals surface area contributed by atoms with Gasteiger partial charge in [0, 0.05) is 11.1 Å². The fourth-order valence-corrected chi connectivity index (χ4v) is 3.93. The number of amides is 1. The zero-order chi connectivity index (χ0) is 21.0. The molecule has 3 rings (SSSR count). The summed E-state index contributed by atoms with van der Waals surface area (Å²) in [6.07, 6.45) is 0. The van der Waals surface area contributed by atoms with Crippen LogP contribution in [0.4, 0.5) is 5.13 Å². The SMILES string of the molecule is CCOc1cccc2sc(N(CC[NH+](C)C)C(=O)c3ccc(C(C)=O)cc3)nc12. The monoisotopic (exact) mass is 412 g/mol. The van der Waals surface area contributed by atoms with Crippen molar-refractivity contribution in [3.05, 3.63) is 53.6 Å². The van der Waals surface area contributed by atoms with Crippen LogP contribution in [0.1, 0.15) is 34.6 Å². The lowest BCUT2D eigenvalue weighted by Gasteiger charge is -2.20. The summed E-state index contributed by atoms with van der Waals surface area (Å²) in [5.74, 6) is 0.578. The van der Waals surface area contributed by atoms with Crippen LogP contribution >= 0.6 is 11.3 Å². The summed E-state index contributed by atoms with van der Waals surface area (Å²) >= 11 is 1.48. The highest BCUT2D eigenvalue weighted by atomic mass is 32.1. The van der Waals surface area contributed by atoms with E-state index in [-0.39, 0.29) is 11.7 Å². The summed E-state index contributed by atoms with van der Waals surface area (Å²) in [4.78, 5) is 32.5. The van der Waals surface area contributed by atoms with Crippen LogP contribution in [0.2, 0.25) is 0 Å². The van der Waals surface area contributed by atoms with E-state index in [0.29, 0.717) is 29.4 Å². The van der Waals surface area contributed by atoms with Crippen LogP contribution in [0, 0.1) is 0 Å². The summed E-state index contributed by atoms with van der Waals surface area (Å²) in [6, 6.07) is 12.6. The number of nitrogens with one attached hydrogen (secondary N) is 1. The molecule has 0 atom stereocenters. The van der Waals surface area contributed by atoms with E-state index in [1.165, 1.54) is 23.2 Å². The van der Waals surface area contributed by atoms with E-state index in [9.17, 15) is 9.59 Å². The molecule has 1 amide bonds. The number of hydrogen-bond donors (Lipinski definition) is 1. The molecule has 0 saturated carbocycles. The van der Waals surface area contributed by atoms with Gasteiger partial charge < -0.3 is 9.64 Å². The number of quaternary nitrogens is 1. The second-order valence-corrected chi connectivity index (χ2v) is 8.09. The summed E-state index contributed by atoms with van der Waals surface area (Å²) in [6.45, 7) is 5.33. The number of aromatic nitrogens is 1. The molecular formula is C22H26N3O3S+. The van der Waals surface area contributed by atoms with Gasteiger partial charge in [-0.2, -0.15) is 0 Å². The van der Waals surface area contributed by atoms with Gasteiger partial charge in [-0.05, 0) is 38.1 Å². The third kappa shape index (κ3) is 4.81. The highest BCUT2D eigenvalue weighted by molar-refractivity contribution is 7.22. The Morgan fingerprint density at radius 2 is 1.79 bits per heavy atom. The number of ketones is 1. The van der Waals surface area contributed by atoms with Crippen molar-refractivity contribution in [2.45, 2.75) is 13.8 Å². The molecule has 7 heteroatoms. The maximum absolute atomic E-state index is 13.3. The van der Waals surface area contributed by atoms with Gasteiger partial charge in [0.2, 0.25) is 0 Å². The van der Waals surface area contributed by atoms with Gasteiger partial charge in [-0.1, -0.05) is 29.5 Å². The zero-order valence-electron chi connectivity index (χ0n) is 17.2. The van der Waals surface area contributed by atoms with Gasteiger partial charge in [0.15, 0.2) is 10.9 Å². The van der Waals surface area contributed by atoms with E-state index in [1.54, 1.807) is 29.2 Å². The molecular weight excluding hydrogens is 386 g/mol. The Balaban J connectivity index is 1.98. The predicted octanol–water partition coefficient (Wildman–Crippen LogP) is 2.69. The highest BCUT2D eigenvalue weighted by Crippen LogP contribution is 2.34. The van der Waals surface area contributed by atoms with Gasteiger partial charge in [-0.15, -0.1) is 0 Å². The first-order valence-electron chi connectivity index (χ1n) is 9.65. The number of thiazole rings is 1. The van der Waals surface area contributed by atoms with Crippen molar-refractivity contribution < 1.29 is 19.2 Å². The van der Waals surface area contributed by atoms with Gasteiger partial charge in [0.05, 0.1) is 38.5 Å². The number of para-hydroxylation sites is 1. The molecule has 0 spiro atoms. The molecule has 29 heavy (non-hydrogen) atoms. The minimum absolute atomic E-state index is 0.0216. The zero-order valence-corrected chi connectivity index (χ0v) is 18.0. The number of rotatable bonds is 8. The van der Waals surface area contributed by atoms with Gasteiger partial charge in [0.1, 0.15) is 11.3 Å². The fraction of sp³-hybridized carbons (Fsp3) is 0.318. The average molecular weight is 413 g/mol. The molecule has 1 N–H and O–H groups in total. The number of Topliss-reactive ketones (excluding diaryl/α,β-unsaturated/α-hetero) is 1.